The number of rotatable bonds is 8. The highest BCUT2D eigenvalue weighted by Crippen LogP contribution is 2.22. The van der Waals surface area contributed by atoms with Crippen LogP contribution in [0.4, 0.5) is 0 Å². The van der Waals surface area contributed by atoms with Crippen LogP contribution in [0.1, 0.15) is 50.5 Å². The van der Waals surface area contributed by atoms with Gasteiger partial charge in [0.25, 0.3) is 0 Å². The van der Waals surface area contributed by atoms with Crippen LogP contribution < -0.4 is 15.4 Å². The Morgan fingerprint density at radius 1 is 1.06 bits per heavy atom. The van der Waals surface area contributed by atoms with Gasteiger partial charge in [-0.2, -0.15) is 0 Å². The Morgan fingerprint density at radius 3 is 2.53 bits per heavy atom. The minimum atomic E-state index is -0.0640. The van der Waals surface area contributed by atoms with Crippen molar-refractivity contribution >= 4 is 29.9 Å². The molecule has 32 heavy (non-hydrogen) atoms. The van der Waals surface area contributed by atoms with E-state index in [0.29, 0.717) is 37.4 Å². The molecule has 172 valence electrons. The zero-order valence-electron chi connectivity index (χ0n) is 19.1. The van der Waals surface area contributed by atoms with E-state index in [-0.39, 0.29) is 29.4 Å². The van der Waals surface area contributed by atoms with E-state index in [1.54, 1.807) is 12.4 Å². The molecule has 0 spiro atoms. The Labute approximate surface area is 207 Å². The summed E-state index contributed by atoms with van der Waals surface area (Å²) in [6.45, 7) is 10.5. The smallest absolute Gasteiger partial charge is 0.213 e. The lowest BCUT2D eigenvalue weighted by atomic mass is 9.94. The van der Waals surface area contributed by atoms with Gasteiger partial charge in [-0.3, -0.25) is 0 Å². The van der Waals surface area contributed by atoms with Gasteiger partial charge in [0.15, 0.2) is 5.96 Å². The molecular weight excluding hydrogens is 517 g/mol. The van der Waals surface area contributed by atoms with Crippen LogP contribution in [-0.4, -0.2) is 22.5 Å². The Bertz CT molecular complexity index is 983. The molecule has 2 aromatic heterocycles. The molecule has 7 nitrogen and oxygen atoms in total. The first-order chi connectivity index (χ1) is 14.9. The molecule has 0 unspecified atom stereocenters. The second-order valence-electron chi connectivity index (χ2n) is 8.19. The second kappa shape index (κ2) is 12.4. The summed E-state index contributed by atoms with van der Waals surface area (Å²) in [5.74, 6) is 2.78. The molecule has 0 aliphatic rings. The maximum Gasteiger partial charge on any atom is 0.213 e. The van der Waals surface area contributed by atoms with Crippen molar-refractivity contribution in [3.05, 3.63) is 77.6 Å². The van der Waals surface area contributed by atoms with Crippen molar-refractivity contribution in [2.24, 2.45) is 4.99 Å². The number of nitrogens with one attached hydrogen (secondary N) is 2. The molecule has 3 aromatic rings. The van der Waals surface area contributed by atoms with Crippen molar-refractivity contribution in [3.63, 3.8) is 0 Å². The predicted octanol–water partition coefficient (Wildman–Crippen LogP) is 4.82. The SMILES string of the molecule is CCNC(=NCc1ccnc(OCc2ccccc2)c1)NCc1ncc(C(C)(C)C)o1.I. The summed E-state index contributed by atoms with van der Waals surface area (Å²) in [5, 5.41) is 6.51. The van der Waals surface area contributed by atoms with E-state index in [2.05, 4.69) is 46.4 Å². The summed E-state index contributed by atoms with van der Waals surface area (Å²) >= 11 is 0. The number of guanidine groups is 1. The largest absolute Gasteiger partial charge is 0.473 e. The lowest BCUT2D eigenvalue weighted by Gasteiger charge is -2.13. The molecule has 0 aliphatic heterocycles. The summed E-state index contributed by atoms with van der Waals surface area (Å²) in [6, 6.07) is 13.9. The monoisotopic (exact) mass is 549 g/mol. The number of hydrogen-bond donors (Lipinski definition) is 2. The van der Waals surface area contributed by atoms with E-state index in [1.165, 1.54) is 0 Å². The number of aliphatic imine (C=N–C) groups is 1. The van der Waals surface area contributed by atoms with Crippen molar-refractivity contribution in [1.29, 1.82) is 0 Å². The van der Waals surface area contributed by atoms with Gasteiger partial charge in [0.2, 0.25) is 11.8 Å². The van der Waals surface area contributed by atoms with Gasteiger partial charge in [-0.25, -0.2) is 15.0 Å². The third-order valence-corrected chi connectivity index (χ3v) is 4.49. The summed E-state index contributed by atoms with van der Waals surface area (Å²) < 4.78 is 11.6. The lowest BCUT2D eigenvalue weighted by molar-refractivity contribution is 0.293. The quantitative estimate of drug-likeness (QED) is 0.238. The molecule has 1 aromatic carbocycles. The molecule has 0 radical (unpaired) electrons. The minimum absolute atomic E-state index is 0. The zero-order valence-corrected chi connectivity index (χ0v) is 21.4. The summed E-state index contributed by atoms with van der Waals surface area (Å²) in [5.41, 5.74) is 2.06. The van der Waals surface area contributed by atoms with Crippen LogP contribution in [0, 0.1) is 0 Å². The van der Waals surface area contributed by atoms with Crippen molar-refractivity contribution in [1.82, 2.24) is 20.6 Å². The maximum atomic E-state index is 5.84. The molecule has 0 aliphatic carbocycles. The molecule has 0 fully saturated rings. The van der Waals surface area contributed by atoms with Crippen molar-refractivity contribution in [2.75, 3.05) is 6.54 Å². The third-order valence-electron chi connectivity index (χ3n) is 4.49. The molecule has 0 bridgehead atoms. The third kappa shape index (κ3) is 8.14. The fourth-order valence-electron chi connectivity index (χ4n) is 2.77. The van der Waals surface area contributed by atoms with E-state index in [9.17, 15) is 0 Å². The molecule has 0 saturated heterocycles. The van der Waals surface area contributed by atoms with Gasteiger partial charge >= 0.3 is 0 Å². The average molecular weight is 549 g/mol. The number of nitrogens with zero attached hydrogens (tertiary/aromatic N) is 3. The van der Waals surface area contributed by atoms with Gasteiger partial charge in [0, 0.05) is 24.2 Å². The molecule has 2 N–H and O–H groups in total. The Kier molecular flexibility index (Phi) is 9.96. The molecule has 8 heteroatoms. The number of pyridine rings is 1. The van der Waals surface area contributed by atoms with Crippen LogP contribution in [0.25, 0.3) is 0 Å². The Morgan fingerprint density at radius 2 is 1.84 bits per heavy atom. The minimum Gasteiger partial charge on any atom is -0.473 e. The number of benzene rings is 1. The van der Waals surface area contributed by atoms with E-state index in [1.807, 2.05) is 49.4 Å². The standard InChI is InChI=1S/C24H31N5O2.HI/c1-5-25-23(29-16-22-27-15-20(31-22)24(2,3)4)28-14-19-11-12-26-21(13-19)30-17-18-9-7-6-8-10-18;/h6-13,15H,5,14,16-17H2,1-4H3,(H2,25,28,29);1H. The first-order valence-electron chi connectivity index (χ1n) is 10.5. The zero-order chi connectivity index (χ0) is 22.1. The molecule has 3 rings (SSSR count). The van der Waals surface area contributed by atoms with Crippen molar-refractivity contribution in [2.45, 2.75) is 52.8 Å². The van der Waals surface area contributed by atoms with Crippen LogP contribution >= 0.6 is 24.0 Å². The fraction of sp³-hybridized carbons (Fsp3) is 0.375. The molecule has 0 atom stereocenters. The van der Waals surface area contributed by atoms with Gasteiger partial charge in [0.1, 0.15) is 12.4 Å². The van der Waals surface area contributed by atoms with E-state index in [0.717, 1.165) is 23.4 Å². The second-order valence-corrected chi connectivity index (χ2v) is 8.19. The van der Waals surface area contributed by atoms with E-state index < -0.39 is 0 Å². The molecule has 0 saturated carbocycles. The van der Waals surface area contributed by atoms with Gasteiger partial charge in [-0.05, 0) is 24.1 Å². The van der Waals surface area contributed by atoms with E-state index in [4.69, 9.17) is 9.15 Å². The Balaban J connectivity index is 0.00000363. The van der Waals surface area contributed by atoms with E-state index >= 15 is 0 Å². The van der Waals surface area contributed by atoms with Crippen molar-refractivity contribution < 1.29 is 9.15 Å². The first-order valence-corrected chi connectivity index (χ1v) is 10.5. The predicted molar refractivity (Wildman–Crippen MR) is 137 cm³/mol. The number of aromatic nitrogens is 2. The van der Waals surface area contributed by atoms with Gasteiger partial charge in [0.05, 0.1) is 19.3 Å². The van der Waals surface area contributed by atoms with Gasteiger partial charge < -0.3 is 19.8 Å². The maximum absolute atomic E-state index is 5.84. The normalized spacial score (nSPS) is 11.6. The van der Waals surface area contributed by atoms with Gasteiger partial charge in [-0.15, -0.1) is 24.0 Å². The average Bonchev–Trinajstić information content (AvgIpc) is 3.25. The van der Waals surface area contributed by atoms with Crippen molar-refractivity contribution in [3.8, 4) is 5.88 Å². The van der Waals surface area contributed by atoms with Crippen LogP contribution in [-0.2, 0) is 25.1 Å². The summed E-state index contributed by atoms with van der Waals surface area (Å²) in [6.07, 6.45) is 3.53. The first kappa shape index (κ1) is 25.6. The highest BCUT2D eigenvalue weighted by atomic mass is 127. The number of hydrogen-bond acceptors (Lipinski definition) is 5. The number of ether oxygens (including phenoxy) is 1. The molecule has 2 heterocycles. The molecule has 0 amide bonds. The highest BCUT2D eigenvalue weighted by molar-refractivity contribution is 14.0. The summed E-state index contributed by atoms with van der Waals surface area (Å²) in [7, 11) is 0. The summed E-state index contributed by atoms with van der Waals surface area (Å²) in [4.78, 5) is 13.3. The van der Waals surface area contributed by atoms with Gasteiger partial charge in [-0.1, -0.05) is 51.1 Å². The number of halogens is 1. The molecular formula is C24H32IN5O2. The number of oxazole rings is 1. The van der Waals surface area contributed by atoms with Crippen LogP contribution in [0.5, 0.6) is 5.88 Å². The van der Waals surface area contributed by atoms with Crippen LogP contribution in [0.3, 0.4) is 0 Å². The van der Waals surface area contributed by atoms with Crippen LogP contribution in [0.2, 0.25) is 0 Å². The Hall–Kier alpha value is -2.62. The lowest BCUT2D eigenvalue weighted by Crippen LogP contribution is -2.36. The highest BCUT2D eigenvalue weighted by Gasteiger charge is 2.19. The van der Waals surface area contributed by atoms with Crippen LogP contribution in [0.15, 0.2) is 64.3 Å². The fourth-order valence-corrected chi connectivity index (χ4v) is 2.77. The topological polar surface area (TPSA) is 84.6 Å².